The van der Waals surface area contributed by atoms with Gasteiger partial charge >= 0.3 is 0 Å². The maximum absolute atomic E-state index is 2.39. The molecule has 1 heterocycles. The molecule has 1 aliphatic carbocycles. The van der Waals surface area contributed by atoms with Gasteiger partial charge < -0.3 is 0 Å². The fraction of sp³-hybridized carbons (Fsp3) is 0.778. The monoisotopic (exact) mass is 186 g/mol. The Morgan fingerprint density at radius 2 is 1.91 bits per heavy atom. The van der Waals surface area contributed by atoms with Crippen molar-refractivity contribution in [2.24, 2.45) is 5.92 Å². The Kier molecular flexibility index (Phi) is 2.86. The molecule has 2 heteroatoms. The van der Waals surface area contributed by atoms with E-state index in [2.05, 4.69) is 22.3 Å². The van der Waals surface area contributed by atoms with E-state index in [0.29, 0.717) is 0 Å². The van der Waals surface area contributed by atoms with Gasteiger partial charge in [-0.15, -0.1) is 0 Å². The van der Waals surface area contributed by atoms with Gasteiger partial charge in [-0.25, -0.2) is 0 Å². The van der Waals surface area contributed by atoms with Crippen molar-refractivity contribution in [2.45, 2.75) is 37.4 Å². The van der Waals surface area contributed by atoms with Gasteiger partial charge in [0.2, 0.25) is 0 Å². The van der Waals surface area contributed by atoms with E-state index in [1.165, 1.54) is 32.1 Å². The summed E-state index contributed by atoms with van der Waals surface area (Å²) < 4.78 is 0. The van der Waals surface area contributed by atoms with Crippen LogP contribution in [0, 0.1) is 5.92 Å². The first-order valence-electron chi connectivity index (χ1n) is 4.45. The van der Waals surface area contributed by atoms with Crippen molar-refractivity contribution in [3.63, 3.8) is 0 Å². The Hall–Kier alpha value is 0.440. The fourth-order valence-corrected chi connectivity index (χ4v) is 4.47. The highest BCUT2D eigenvalue weighted by Gasteiger charge is 2.23. The Bertz CT molecular complexity index is 148. The summed E-state index contributed by atoms with van der Waals surface area (Å²) in [5, 5.41) is 3.10. The molecule has 1 aliphatic heterocycles. The van der Waals surface area contributed by atoms with Crippen LogP contribution < -0.4 is 0 Å². The van der Waals surface area contributed by atoms with Gasteiger partial charge in [-0.05, 0) is 24.2 Å². The highest BCUT2D eigenvalue weighted by Crippen LogP contribution is 2.43. The predicted molar refractivity (Wildman–Crippen MR) is 54.7 cm³/mol. The first-order valence-corrected chi connectivity index (χ1v) is 6.73. The molecule has 0 amide bonds. The van der Waals surface area contributed by atoms with E-state index in [1.807, 2.05) is 10.8 Å². The molecule has 0 nitrogen and oxygen atoms in total. The van der Waals surface area contributed by atoms with Crippen LogP contribution in [0.2, 0.25) is 0 Å². The Morgan fingerprint density at radius 3 is 2.55 bits per heavy atom. The van der Waals surface area contributed by atoms with Crippen molar-refractivity contribution in [1.82, 2.24) is 0 Å². The topological polar surface area (TPSA) is 0 Å². The van der Waals surface area contributed by atoms with Gasteiger partial charge in [0, 0.05) is 5.25 Å². The zero-order valence-electron chi connectivity index (χ0n) is 6.66. The molecule has 1 unspecified atom stereocenters. The van der Waals surface area contributed by atoms with Gasteiger partial charge in [0.15, 0.2) is 0 Å². The smallest absolute Gasteiger partial charge is 0.0370 e. The molecule has 1 fully saturated rings. The molecule has 0 radical (unpaired) electrons. The molecule has 0 bridgehead atoms. The summed E-state index contributed by atoms with van der Waals surface area (Å²) in [4.78, 5) is 0. The third-order valence-electron chi connectivity index (χ3n) is 2.60. The third-order valence-corrected chi connectivity index (χ3v) is 5.08. The van der Waals surface area contributed by atoms with Gasteiger partial charge in [0.1, 0.15) is 0 Å². The van der Waals surface area contributed by atoms with Crippen LogP contribution in [0.4, 0.5) is 0 Å². The number of rotatable bonds is 1. The van der Waals surface area contributed by atoms with Gasteiger partial charge in [0.25, 0.3) is 0 Å². The minimum Gasteiger partial charge on any atom is -0.0816 e. The van der Waals surface area contributed by atoms with Gasteiger partial charge in [-0.2, -0.15) is 0 Å². The van der Waals surface area contributed by atoms with Crippen LogP contribution >= 0.6 is 21.6 Å². The van der Waals surface area contributed by atoms with Crippen LogP contribution in [0.1, 0.15) is 32.1 Å². The largest absolute Gasteiger partial charge is 0.0816 e. The quantitative estimate of drug-likeness (QED) is 0.571. The van der Waals surface area contributed by atoms with Crippen LogP contribution in [0.5, 0.6) is 0 Å². The molecular weight excluding hydrogens is 172 g/mol. The second-order valence-electron chi connectivity index (χ2n) is 3.38. The third kappa shape index (κ3) is 1.97. The van der Waals surface area contributed by atoms with Gasteiger partial charge in [0.05, 0.1) is 0 Å². The average Bonchev–Trinajstić information content (AvgIpc) is 2.58. The lowest BCUT2D eigenvalue weighted by atomic mass is 9.87. The molecule has 62 valence electrons. The highest BCUT2D eigenvalue weighted by atomic mass is 33.1. The molecule has 0 spiro atoms. The van der Waals surface area contributed by atoms with E-state index < -0.39 is 0 Å². The Balaban J connectivity index is 1.87. The van der Waals surface area contributed by atoms with Crippen LogP contribution in [-0.2, 0) is 0 Å². The lowest BCUT2D eigenvalue weighted by Gasteiger charge is -2.24. The molecule has 1 atom stereocenters. The first kappa shape index (κ1) is 8.06. The second kappa shape index (κ2) is 3.90. The van der Waals surface area contributed by atoms with E-state index in [1.54, 1.807) is 0 Å². The Morgan fingerprint density at radius 1 is 1.09 bits per heavy atom. The van der Waals surface area contributed by atoms with Crippen LogP contribution in [-0.4, -0.2) is 5.25 Å². The summed E-state index contributed by atoms with van der Waals surface area (Å²) in [6, 6.07) is 0. The molecule has 0 aromatic heterocycles. The highest BCUT2D eigenvalue weighted by molar-refractivity contribution is 8.78. The van der Waals surface area contributed by atoms with E-state index in [0.717, 1.165) is 11.2 Å². The van der Waals surface area contributed by atoms with E-state index in [4.69, 9.17) is 0 Å². The molecule has 2 rings (SSSR count). The zero-order chi connectivity index (χ0) is 7.52. The molecular formula is C9H14S2. The van der Waals surface area contributed by atoms with Gasteiger partial charge in [-0.3, -0.25) is 0 Å². The molecule has 11 heavy (non-hydrogen) atoms. The van der Waals surface area contributed by atoms with Crippen molar-refractivity contribution in [3.05, 3.63) is 11.5 Å². The summed E-state index contributed by atoms with van der Waals surface area (Å²) in [7, 11) is 3.97. The van der Waals surface area contributed by atoms with Crippen LogP contribution in [0.15, 0.2) is 11.5 Å². The standard InChI is InChI=1S/C9H14S2/c1-2-4-8(5-3-1)9-6-7-10-11-9/h6-9H,1-5H2. The minimum atomic E-state index is 0.847. The van der Waals surface area contributed by atoms with Crippen molar-refractivity contribution in [1.29, 1.82) is 0 Å². The number of hydrogen-bond donors (Lipinski definition) is 0. The SMILES string of the molecule is C1=CC(C2CCCCC2)SS1. The number of hydrogen-bond acceptors (Lipinski definition) is 2. The maximum atomic E-state index is 2.39. The first-order chi connectivity index (χ1) is 5.47. The van der Waals surface area contributed by atoms with Crippen LogP contribution in [0.25, 0.3) is 0 Å². The molecule has 0 saturated heterocycles. The van der Waals surface area contributed by atoms with Gasteiger partial charge in [-0.1, -0.05) is 46.9 Å². The molecule has 0 aromatic rings. The summed E-state index contributed by atoms with van der Waals surface area (Å²) in [6.45, 7) is 0. The lowest BCUT2D eigenvalue weighted by Crippen LogP contribution is -2.16. The molecule has 1 saturated carbocycles. The normalized spacial score (nSPS) is 32.9. The molecule has 2 aliphatic rings. The van der Waals surface area contributed by atoms with Crippen LogP contribution in [0.3, 0.4) is 0 Å². The maximum Gasteiger partial charge on any atom is 0.0370 e. The van der Waals surface area contributed by atoms with E-state index >= 15 is 0 Å². The van der Waals surface area contributed by atoms with E-state index in [9.17, 15) is 0 Å². The lowest BCUT2D eigenvalue weighted by molar-refractivity contribution is 0.369. The van der Waals surface area contributed by atoms with E-state index in [-0.39, 0.29) is 0 Å². The predicted octanol–water partition coefficient (Wildman–Crippen LogP) is 3.84. The Labute approximate surface area is 76.6 Å². The summed E-state index contributed by atoms with van der Waals surface area (Å²) in [6.07, 6.45) is 9.77. The molecule has 0 N–H and O–H groups in total. The van der Waals surface area contributed by atoms with Crippen molar-refractivity contribution >= 4 is 21.6 Å². The average molecular weight is 186 g/mol. The minimum absolute atomic E-state index is 0.847. The summed E-state index contributed by atoms with van der Waals surface area (Å²) >= 11 is 0. The molecule has 0 aromatic carbocycles. The summed E-state index contributed by atoms with van der Waals surface area (Å²) in [5.41, 5.74) is 0. The second-order valence-corrected chi connectivity index (χ2v) is 5.74. The zero-order valence-corrected chi connectivity index (χ0v) is 8.29. The van der Waals surface area contributed by atoms with Crippen molar-refractivity contribution in [2.75, 3.05) is 0 Å². The summed E-state index contributed by atoms with van der Waals surface area (Å²) in [5.74, 6) is 1.000. The van der Waals surface area contributed by atoms with Crippen molar-refractivity contribution < 1.29 is 0 Å². The van der Waals surface area contributed by atoms with Crippen molar-refractivity contribution in [3.8, 4) is 0 Å². The fourth-order valence-electron chi connectivity index (χ4n) is 1.94.